The molecule has 1 aliphatic rings. The maximum absolute atomic E-state index is 9.72. The van der Waals surface area contributed by atoms with E-state index in [0.717, 1.165) is 25.4 Å². The largest absolute Gasteiger partial charge is 0.393 e. The number of rotatable bonds is 6. The molecule has 2 heteroatoms. The van der Waals surface area contributed by atoms with Crippen LogP contribution in [0.2, 0.25) is 0 Å². The molecule has 0 aromatic heterocycles. The first-order valence-corrected chi connectivity index (χ1v) is 6.47. The van der Waals surface area contributed by atoms with Gasteiger partial charge >= 0.3 is 0 Å². The molecule has 2 nitrogen and oxygen atoms in total. The lowest BCUT2D eigenvalue weighted by Gasteiger charge is -2.32. The van der Waals surface area contributed by atoms with E-state index in [1.54, 1.807) is 0 Å². The highest BCUT2D eigenvalue weighted by Gasteiger charge is 2.27. The Kier molecular flexibility index (Phi) is 5.07. The van der Waals surface area contributed by atoms with Gasteiger partial charge < -0.3 is 10.4 Å². The second-order valence-corrected chi connectivity index (χ2v) is 5.46. The van der Waals surface area contributed by atoms with Crippen LogP contribution in [0.3, 0.4) is 0 Å². The lowest BCUT2D eigenvalue weighted by molar-refractivity contribution is 0.0485. The minimum atomic E-state index is -0.224. The number of hydrogen-bond donors (Lipinski definition) is 2. The summed E-state index contributed by atoms with van der Waals surface area (Å²) in [6.07, 6.45) is 6.41. The van der Waals surface area contributed by atoms with Crippen molar-refractivity contribution in [2.45, 2.75) is 59.0 Å². The SMILES string of the molecule is CCC(C)(CNCC1CCCC1)C(C)O. The van der Waals surface area contributed by atoms with Gasteiger partial charge in [-0.3, -0.25) is 0 Å². The van der Waals surface area contributed by atoms with Crippen molar-refractivity contribution < 1.29 is 5.11 Å². The fourth-order valence-corrected chi connectivity index (χ4v) is 2.34. The average Bonchev–Trinajstić information content (AvgIpc) is 2.70. The first kappa shape index (κ1) is 13.0. The molecule has 2 N–H and O–H groups in total. The van der Waals surface area contributed by atoms with E-state index in [-0.39, 0.29) is 11.5 Å². The van der Waals surface area contributed by atoms with Gasteiger partial charge in [-0.15, -0.1) is 0 Å². The molecule has 0 amide bonds. The Morgan fingerprint density at radius 1 is 1.40 bits per heavy atom. The monoisotopic (exact) mass is 213 g/mol. The van der Waals surface area contributed by atoms with Gasteiger partial charge in [0, 0.05) is 12.0 Å². The van der Waals surface area contributed by atoms with Gasteiger partial charge in [0.2, 0.25) is 0 Å². The first-order chi connectivity index (χ1) is 7.08. The zero-order valence-corrected chi connectivity index (χ0v) is 10.6. The van der Waals surface area contributed by atoms with Crippen LogP contribution in [0.15, 0.2) is 0 Å². The van der Waals surface area contributed by atoms with Crippen LogP contribution in [0.25, 0.3) is 0 Å². The molecule has 2 unspecified atom stereocenters. The topological polar surface area (TPSA) is 32.3 Å². The zero-order valence-electron chi connectivity index (χ0n) is 10.6. The average molecular weight is 213 g/mol. The van der Waals surface area contributed by atoms with E-state index in [0.29, 0.717) is 0 Å². The van der Waals surface area contributed by atoms with Crippen molar-refractivity contribution in [2.75, 3.05) is 13.1 Å². The Morgan fingerprint density at radius 2 is 2.00 bits per heavy atom. The van der Waals surface area contributed by atoms with E-state index in [2.05, 4.69) is 19.2 Å². The Bertz CT molecular complexity index is 175. The third kappa shape index (κ3) is 3.76. The molecule has 0 heterocycles. The van der Waals surface area contributed by atoms with Crippen molar-refractivity contribution in [3.05, 3.63) is 0 Å². The van der Waals surface area contributed by atoms with Crippen molar-refractivity contribution in [3.63, 3.8) is 0 Å². The van der Waals surface area contributed by atoms with E-state index in [1.165, 1.54) is 25.7 Å². The number of aliphatic hydroxyl groups is 1. The van der Waals surface area contributed by atoms with Crippen LogP contribution < -0.4 is 5.32 Å². The number of nitrogens with one attached hydrogen (secondary N) is 1. The number of hydrogen-bond acceptors (Lipinski definition) is 2. The minimum absolute atomic E-state index is 0.0403. The van der Waals surface area contributed by atoms with Gasteiger partial charge in [0.1, 0.15) is 0 Å². The fraction of sp³-hybridized carbons (Fsp3) is 1.00. The third-order valence-corrected chi connectivity index (χ3v) is 4.25. The molecule has 0 saturated heterocycles. The van der Waals surface area contributed by atoms with Crippen LogP contribution >= 0.6 is 0 Å². The highest BCUT2D eigenvalue weighted by Crippen LogP contribution is 2.26. The molecule has 1 saturated carbocycles. The molecular weight excluding hydrogens is 186 g/mol. The Balaban J connectivity index is 2.22. The van der Waals surface area contributed by atoms with Gasteiger partial charge in [-0.25, -0.2) is 0 Å². The summed E-state index contributed by atoms with van der Waals surface area (Å²) in [7, 11) is 0. The van der Waals surface area contributed by atoms with E-state index in [4.69, 9.17) is 0 Å². The molecule has 0 aromatic carbocycles. The minimum Gasteiger partial charge on any atom is -0.393 e. The molecule has 15 heavy (non-hydrogen) atoms. The van der Waals surface area contributed by atoms with Crippen LogP contribution in [-0.2, 0) is 0 Å². The predicted octanol–water partition coefficient (Wildman–Crippen LogP) is 2.56. The standard InChI is InChI=1S/C13H27NO/c1-4-13(3,11(2)15)10-14-9-12-7-5-6-8-12/h11-12,14-15H,4-10H2,1-3H3. The number of aliphatic hydroxyl groups excluding tert-OH is 1. The highest BCUT2D eigenvalue weighted by molar-refractivity contribution is 4.81. The fourth-order valence-electron chi connectivity index (χ4n) is 2.34. The molecule has 0 radical (unpaired) electrons. The lowest BCUT2D eigenvalue weighted by atomic mass is 9.82. The van der Waals surface area contributed by atoms with Crippen molar-refractivity contribution in [1.29, 1.82) is 0 Å². The van der Waals surface area contributed by atoms with E-state index in [1.807, 2.05) is 6.92 Å². The molecule has 0 spiro atoms. The molecule has 90 valence electrons. The normalized spacial score (nSPS) is 24.0. The Labute approximate surface area is 94.5 Å². The van der Waals surface area contributed by atoms with Crippen molar-refractivity contribution >= 4 is 0 Å². The van der Waals surface area contributed by atoms with Crippen LogP contribution in [0.1, 0.15) is 52.9 Å². The summed E-state index contributed by atoms with van der Waals surface area (Å²) in [5.41, 5.74) is 0.0403. The van der Waals surface area contributed by atoms with Crippen LogP contribution in [-0.4, -0.2) is 24.3 Å². The van der Waals surface area contributed by atoms with Gasteiger partial charge in [0.25, 0.3) is 0 Å². The van der Waals surface area contributed by atoms with Crippen LogP contribution in [0, 0.1) is 11.3 Å². The molecule has 0 aromatic rings. The predicted molar refractivity (Wildman–Crippen MR) is 64.9 cm³/mol. The molecule has 0 aliphatic heterocycles. The highest BCUT2D eigenvalue weighted by atomic mass is 16.3. The van der Waals surface area contributed by atoms with Crippen molar-refractivity contribution in [2.24, 2.45) is 11.3 Å². The van der Waals surface area contributed by atoms with E-state index >= 15 is 0 Å². The molecular formula is C13H27NO. The quantitative estimate of drug-likeness (QED) is 0.711. The Hall–Kier alpha value is -0.0800. The second-order valence-electron chi connectivity index (χ2n) is 5.46. The Morgan fingerprint density at radius 3 is 2.47 bits per heavy atom. The molecule has 2 atom stereocenters. The summed E-state index contributed by atoms with van der Waals surface area (Å²) in [4.78, 5) is 0. The van der Waals surface area contributed by atoms with Crippen LogP contribution in [0.5, 0.6) is 0 Å². The summed E-state index contributed by atoms with van der Waals surface area (Å²) in [6.45, 7) is 8.31. The van der Waals surface area contributed by atoms with Crippen LogP contribution in [0.4, 0.5) is 0 Å². The second kappa shape index (κ2) is 5.86. The molecule has 1 rings (SSSR count). The van der Waals surface area contributed by atoms with Crippen molar-refractivity contribution in [3.8, 4) is 0 Å². The van der Waals surface area contributed by atoms with E-state index in [9.17, 15) is 5.11 Å². The molecule has 0 bridgehead atoms. The summed E-state index contributed by atoms with van der Waals surface area (Å²) in [5.74, 6) is 0.889. The molecule has 1 aliphatic carbocycles. The van der Waals surface area contributed by atoms with Gasteiger partial charge in [-0.2, -0.15) is 0 Å². The summed E-state index contributed by atoms with van der Waals surface area (Å²) in [6, 6.07) is 0. The maximum Gasteiger partial charge on any atom is 0.0577 e. The van der Waals surface area contributed by atoms with E-state index < -0.39 is 0 Å². The zero-order chi connectivity index (χ0) is 11.3. The first-order valence-electron chi connectivity index (χ1n) is 6.47. The third-order valence-electron chi connectivity index (χ3n) is 4.25. The summed E-state index contributed by atoms with van der Waals surface area (Å²) < 4.78 is 0. The van der Waals surface area contributed by atoms with Gasteiger partial charge in [0.05, 0.1) is 6.10 Å². The van der Waals surface area contributed by atoms with Gasteiger partial charge in [-0.1, -0.05) is 26.7 Å². The molecule has 1 fully saturated rings. The summed E-state index contributed by atoms with van der Waals surface area (Å²) >= 11 is 0. The lowest BCUT2D eigenvalue weighted by Crippen LogP contribution is -2.40. The smallest absolute Gasteiger partial charge is 0.0577 e. The summed E-state index contributed by atoms with van der Waals surface area (Å²) in [5, 5.41) is 13.3. The van der Waals surface area contributed by atoms with Gasteiger partial charge in [-0.05, 0) is 38.6 Å². The van der Waals surface area contributed by atoms with Gasteiger partial charge in [0.15, 0.2) is 0 Å². The maximum atomic E-state index is 9.72. The van der Waals surface area contributed by atoms with Crippen molar-refractivity contribution in [1.82, 2.24) is 5.32 Å².